The van der Waals surface area contributed by atoms with Gasteiger partial charge in [-0.2, -0.15) is 0 Å². The maximum Gasteiger partial charge on any atom is 0.129 e. The van der Waals surface area contributed by atoms with Gasteiger partial charge in [0.15, 0.2) is 0 Å². The zero-order chi connectivity index (χ0) is 15.2. The maximum atomic E-state index is 14.0. The fraction of sp³-hybridized carbons (Fsp3) is 0.294. The molecule has 0 aliphatic carbocycles. The summed E-state index contributed by atoms with van der Waals surface area (Å²) in [6.45, 7) is 3.87. The highest BCUT2D eigenvalue weighted by Crippen LogP contribution is 2.23. The molecule has 0 atom stereocenters. The van der Waals surface area contributed by atoms with Crippen molar-refractivity contribution in [2.45, 2.75) is 20.0 Å². The van der Waals surface area contributed by atoms with Crippen LogP contribution in [0, 0.1) is 11.6 Å². The van der Waals surface area contributed by atoms with Crippen LogP contribution in [-0.2, 0) is 13.1 Å². The van der Waals surface area contributed by atoms with Gasteiger partial charge in [0.1, 0.15) is 11.6 Å². The van der Waals surface area contributed by atoms with Gasteiger partial charge < -0.3 is 10.2 Å². The number of nitrogens with zero attached hydrogens (tertiary/aromatic N) is 1. The summed E-state index contributed by atoms with van der Waals surface area (Å²) >= 11 is 0. The number of rotatable bonds is 6. The van der Waals surface area contributed by atoms with Crippen molar-refractivity contribution in [3.8, 4) is 0 Å². The molecule has 4 heteroatoms. The summed E-state index contributed by atoms with van der Waals surface area (Å²) in [7, 11) is 1.91. The molecule has 2 aromatic rings. The second-order valence-electron chi connectivity index (χ2n) is 5.00. The first-order valence-electron chi connectivity index (χ1n) is 7.05. The first-order chi connectivity index (χ1) is 10.1. The molecular weight excluding hydrogens is 270 g/mol. The Morgan fingerprint density at radius 3 is 2.43 bits per heavy atom. The number of nitrogens with one attached hydrogen (secondary N) is 1. The lowest BCUT2D eigenvalue weighted by atomic mass is 10.1. The van der Waals surface area contributed by atoms with Gasteiger partial charge >= 0.3 is 0 Å². The predicted octanol–water partition coefficient (Wildman–Crippen LogP) is 3.71. The molecule has 0 bridgehead atoms. The zero-order valence-electron chi connectivity index (χ0n) is 12.4. The van der Waals surface area contributed by atoms with E-state index in [1.807, 2.05) is 24.9 Å². The van der Waals surface area contributed by atoms with Gasteiger partial charge in [0.05, 0.1) is 0 Å². The predicted molar refractivity (Wildman–Crippen MR) is 82.3 cm³/mol. The van der Waals surface area contributed by atoms with Gasteiger partial charge in [-0.25, -0.2) is 8.78 Å². The zero-order valence-corrected chi connectivity index (χ0v) is 12.4. The molecule has 2 aromatic carbocycles. The Hall–Kier alpha value is -1.94. The van der Waals surface area contributed by atoms with Crippen LogP contribution in [0.4, 0.5) is 14.5 Å². The average Bonchev–Trinajstić information content (AvgIpc) is 2.48. The molecular formula is C17H20F2N2. The molecule has 2 nitrogen and oxygen atoms in total. The molecule has 0 saturated heterocycles. The monoisotopic (exact) mass is 290 g/mol. The minimum atomic E-state index is -0.250. The summed E-state index contributed by atoms with van der Waals surface area (Å²) in [4.78, 5) is 1.98. The summed E-state index contributed by atoms with van der Waals surface area (Å²) < 4.78 is 26.9. The topological polar surface area (TPSA) is 15.3 Å². The molecule has 1 N–H and O–H groups in total. The summed E-state index contributed by atoms with van der Waals surface area (Å²) in [6, 6.07) is 11.5. The second-order valence-corrected chi connectivity index (χ2v) is 5.00. The van der Waals surface area contributed by atoms with E-state index in [0.717, 1.165) is 17.8 Å². The van der Waals surface area contributed by atoms with E-state index in [1.165, 1.54) is 18.2 Å². The lowest BCUT2D eigenvalue weighted by molar-refractivity contribution is 0.592. The largest absolute Gasteiger partial charge is 0.370 e. The Labute approximate surface area is 124 Å². The Morgan fingerprint density at radius 2 is 1.76 bits per heavy atom. The smallest absolute Gasteiger partial charge is 0.129 e. The number of anilines is 1. The van der Waals surface area contributed by atoms with E-state index >= 15 is 0 Å². The Kier molecular flexibility index (Phi) is 5.28. The van der Waals surface area contributed by atoms with E-state index in [2.05, 4.69) is 5.32 Å². The van der Waals surface area contributed by atoms with Gasteiger partial charge in [-0.1, -0.05) is 25.1 Å². The van der Waals surface area contributed by atoms with Crippen molar-refractivity contribution < 1.29 is 8.78 Å². The van der Waals surface area contributed by atoms with E-state index < -0.39 is 0 Å². The number of hydrogen-bond donors (Lipinski definition) is 1. The number of hydrogen-bond acceptors (Lipinski definition) is 2. The van der Waals surface area contributed by atoms with Crippen LogP contribution in [0.1, 0.15) is 18.1 Å². The van der Waals surface area contributed by atoms with Crippen LogP contribution in [0.2, 0.25) is 0 Å². The third kappa shape index (κ3) is 4.02. The van der Waals surface area contributed by atoms with Crippen molar-refractivity contribution >= 4 is 5.69 Å². The van der Waals surface area contributed by atoms with E-state index in [0.29, 0.717) is 18.7 Å². The van der Waals surface area contributed by atoms with Crippen LogP contribution in [0.3, 0.4) is 0 Å². The molecule has 0 saturated carbocycles. The molecule has 0 spiro atoms. The van der Waals surface area contributed by atoms with Crippen molar-refractivity contribution in [3.63, 3.8) is 0 Å². The third-order valence-corrected chi connectivity index (χ3v) is 3.39. The summed E-state index contributed by atoms with van der Waals surface area (Å²) in [5, 5.41) is 3.16. The lowest BCUT2D eigenvalue weighted by Crippen LogP contribution is -2.21. The Balaban J connectivity index is 2.19. The Morgan fingerprint density at radius 1 is 1.05 bits per heavy atom. The Bertz CT molecular complexity index is 582. The van der Waals surface area contributed by atoms with Crippen LogP contribution >= 0.6 is 0 Å². The van der Waals surface area contributed by atoms with Gasteiger partial charge in [-0.15, -0.1) is 0 Å². The lowest BCUT2D eigenvalue weighted by Gasteiger charge is -2.23. The summed E-state index contributed by atoms with van der Waals surface area (Å²) in [5.41, 5.74) is 2.49. The van der Waals surface area contributed by atoms with Crippen LogP contribution < -0.4 is 10.2 Å². The van der Waals surface area contributed by atoms with Crippen molar-refractivity contribution in [3.05, 3.63) is 65.2 Å². The molecule has 0 aliphatic heterocycles. The highest BCUT2D eigenvalue weighted by Gasteiger charge is 2.12. The molecule has 0 radical (unpaired) electrons. The summed E-state index contributed by atoms with van der Waals surface area (Å²) in [6.07, 6.45) is 0. The van der Waals surface area contributed by atoms with Crippen LogP contribution in [0.15, 0.2) is 42.5 Å². The molecule has 0 aliphatic rings. The molecule has 21 heavy (non-hydrogen) atoms. The minimum Gasteiger partial charge on any atom is -0.370 e. The highest BCUT2D eigenvalue weighted by molar-refractivity contribution is 5.54. The van der Waals surface area contributed by atoms with Gasteiger partial charge in [0, 0.05) is 31.4 Å². The standard InChI is InChI=1S/C17H20F2N2/c1-3-20-11-15-16(19)5-4-6-17(15)21(2)12-13-7-9-14(18)10-8-13/h4-10,20H,3,11-12H2,1-2H3. The molecule has 0 fully saturated rings. The van der Waals surface area contributed by atoms with Gasteiger partial charge in [0.25, 0.3) is 0 Å². The molecule has 2 rings (SSSR count). The van der Waals surface area contributed by atoms with Gasteiger partial charge in [-0.3, -0.25) is 0 Å². The van der Waals surface area contributed by atoms with Crippen molar-refractivity contribution in [1.82, 2.24) is 5.32 Å². The molecule has 0 heterocycles. The summed E-state index contributed by atoms with van der Waals surface area (Å²) in [5.74, 6) is -0.459. The average molecular weight is 290 g/mol. The van der Waals surface area contributed by atoms with Gasteiger partial charge in [0.2, 0.25) is 0 Å². The van der Waals surface area contributed by atoms with E-state index in [1.54, 1.807) is 18.2 Å². The van der Waals surface area contributed by atoms with Gasteiger partial charge in [-0.05, 0) is 36.4 Å². The quantitative estimate of drug-likeness (QED) is 0.872. The van der Waals surface area contributed by atoms with Crippen LogP contribution in [0.25, 0.3) is 0 Å². The normalized spacial score (nSPS) is 10.7. The number of benzene rings is 2. The maximum absolute atomic E-state index is 14.0. The minimum absolute atomic E-state index is 0.209. The molecule has 112 valence electrons. The van der Waals surface area contributed by atoms with Crippen molar-refractivity contribution in [2.24, 2.45) is 0 Å². The van der Waals surface area contributed by atoms with E-state index in [9.17, 15) is 8.78 Å². The molecule has 0 unspecified atom stereocenters. The highest BCUT2D eigenvalue weighted by atomic mass is 19.1. The van der Waals surface area contributed by atoms with Crippen LogP contribution in [0.5, 0.6) is 0 Å². The SMILES string of the molecule is CCNCc1c(F)cccc1N(C)Cc1ccc(F)cc1. The number of halogens is 2. The van der Waals surface area contributed by atoms with Crippen molar-refractivity contribution in [2.75, 3.05) is 18.5 Å². The first-order valence-corrected chi connectivity index (χ1v) is 7.05. The fourth-order valence-corrected chi connectivity index (χ4v) is 2.28. The second kappa shape index (κ2) is 7.18. The van der Waals surface area contributed by atoms with Crippen LogP contribution in [-0.4, -0.2) is 13.6 Å². The first kappa shape index (κ1) is 15.4. The third-order valence-electron chi connectivity index (χ3n) is 3.39. The molecule has 0 amide bonds. The van der Waals surface area contributed by atoms with E-state index in [-0.39, 0.29) is 11.6 Å². The van der Waals surface area contributed by atoms with Crippen molar-refractivity contribution in [1.29, 1.82) is 0 Å². The fourth-order valence-electron chi connectivity index (χ4n) is 2.28. The van der Waals surface area contributed by atoms with E-state index in [4.69, 9.17) is 0 Å². The molecule has 0 aromatic heterocycles.